The number of benzene rings is 1. The maximum absolute atomic E-state index is 5.90. The molecule has 0 saturated carbocycles. The summed E-state index contributed by atoms with van der Waals surface area (Å²) in [5.41, 5.74) is 9.72. The Morgan fingerprint density at radius 2 is 2.19 bits per heavy atom. The number of anilines is 1. The molecular formula is C14H22N2. The minimum atomic E-state index is 0.548. The monoisotopic (exact) mass is 218 g/mol. The third kappa shape index (κ3) is 2.22. The number of nitrogens with zero attached hydrogens (tertiary/aromatic N) is 1. The SMILES string of the molecule is CC(C)C[C@@H]1c2cc(N)ccc2CCN1C. The number of fused-ring (bicyclic) bond motifs is 1. The highest BCUT2D eigenvalue weighted by Gasteiger charge is 2.25. The molecule has 0 bridgehead atoms. The second-order valence-corrected chi connectivity index (χ2v) is 5.33. The van der Waals surface area contributed by atoms with Gasteiger partial charge in [0, 0.05) is 18.3 Å². The van der Waals surface area contributed by atoms with Gasteiger partial charge in [0.05, 0.1) is 0 Å². The second kappa shape index (κ2) is 4.46. The third-order valence-electron chi connectivity index (χ3n) is 3.49. The Morgan fingerprint density at radius 1 is 1.44 bits per heavy atom. The minimum Gasteiger partial charge on any atom is -0.399 e. The Hall–Kier alpha value is -1.02. The van der Waals surface area contributed by atoms with E-state index in [1.165, 1.54) is 17.5 Å². The summed E-state index contributed by atoms with van der Waals surface area (Å²) in [4.78, 5) is 2.46. The number of hydrogen-bond acceptors (Lipinski definition) is 2. The summed E-state index contributed by atoms with van der Waals surface area (Å²) < 4.78 is 0. The van der Waals surface area contributed by atoms with Crippen molar-refractivity contribution in [1.29, 1.82) is 0 Å². The van der Waals surface area contributed by atoms with Crippen molar-refractivity contribution in [3.8, 4) is 0 Å². The van der Waals surface area contributed by atoms with Gasteiger partial charge in [0.1, 0.15) is 0 Å². The fourth-order valence-electron chi connectivity index (χ4n) is 2.59. The van der Waals surface area contributed by atoms with E-state index in [1.807, 2.05) is 6.07 Å². The van der Waals surface area contributed by atoms with Gasteiger partial charge in [0.2, 0.25) is 0 Å². The van der Waals surface area contributed by atoms with Crippen LogP contribution in [0, 0.1) is 5.92 Å². The Labute approximate surface area is 98.4 Å². The normalized spacial score (nSPS) is 21.1. The van der Waals surface area contributed by atoms with Crippen LogP contribution >= 0.6 is 0 Å². The largest absolute Gasteiger partial charge is 0.399 e. The molecule has 0 spiro atoms. The molecule has 2 nitrogen and oxygen atoms in total. The minimum absolute atomic E-state index is 0.548. The molecule has 2 rings (SSSR count). The third-order valence-corrected chi connectivity index (χ3v) is 3.49. The molecule has 1 aromatic carbocycles. The van der Waals surface area contributed by atoms with Gasteiger partial charge in [-0.2, -0.15) is 0 Å². The maximum Gasteiger partial charge on any atom is 0.0351 e. The van der Waals surface area contributed by atoms with Gasteiger partial charge in [-0.05, 0) is 49.1 Å². The Balaban J connectivity index is 2.34. The molecule has 0 unspecified atom stereocenters. The topological polar surface area (TPSA) is 29.3 Å². The fourth-order valence-corrected chi connectivity index (χ4v) is 2.59. The summed E-state index contributed by atoms with van der Waals surface area (Å²) in [6.07, 6.45) is 2.37. The van der Waals surface area contributed by atoms with Gasteiger partial charge in [-0.15, -0.1) is 0 Å². The smallest absolute Gasteiger partial charge is 0.0351 e. The predicted octanol–water partition coefficient (Wildman–Crippen LogP) is 2.84. The van der Waals surface area contributed by atoms with Crippen LogP contribution in [-0.2, 0) is 6.42 Å². The lowest BCUT2D eigenvalue weighted by Crippen LogP contribution is -2.33. The first-order valence-electron chi connectivity index (χ1n) is 6.16. The van der Waals surface area contributed by atoms with Crippen molar-refractivity contribution in [1.82, 2.24) is 4.90 Å². The second-order valence-electron chi connectivity index (χ2n) is 5.33. The average molecular weight is 218 g/mol. The predicted molar refractivity (Wildman–Crippen MR) is 69.4 cm³/mol. The van der Waals surface area contributed by atoms with Gasteiger partial charge in [-0.25, -0.2) is 0 Å². The average Bonchev–Trinajstić information content (AvgIpc) is 2.22. The molecule has 0 aromatic heterocycles. The van der Waals surface area contributed by atoms with Crippen molar-refractivity contribution >= 4 is 5.69 Å². The van der Waals surface area contributed by atoms with E-state index in [4.69, 9.17) is 5.73 Å². The number of nitrogens with two attached hydrogens (primary N) is 1. The lowest BCUT2D eigenvalue weighted by Gasteiger charge is -2.35. The first-order chi connectivity index (χ1) is 7.58. The number of nitrogen functional groups attached to an aromatic ring is 1. The van der Waals surface area contributed by atoms with E-state index in [1.54, 1.807) is 0 Å². The van der Waals surface area contributed by atoms with E-state index in [2.05, 4.69) is 37.9 Å². The van der Waals surface area contributed by atoms with E-state index in [9.17, 15) is 0 Å². The molecular weight excluding hydrogens is 196 g/mol. The summed E-state index contributed by atoms with van der Waals surface area (Å²) in [6, 6.07) is 6.94. The molecule has 1 aromatic rings. The fraction of sp³-hybridized carbons (Fsp3) is 0.571. The van der Waals surface area contributed by atoms with Crippen molar-refractivity contribution in [3.63, 3.8) is 0 Å². The van der Waals surface area contributed by atoms with Gasteiger partial charge in [0.25, 0.3) is 0 Å². The van der Waals surface area contributed by atoms with E-state index in [0.717, 1.165) is 24.6 Å². The molecule has 2 heteroatoms. The lowest BCUT2D eigenvalue weighted by molar-refractivity contribution is 0.202. The van der Waals surface area contributed by atoms with Gasteiger partial charge < -0.3 is 5.73 Å². The van der Waals surface area contributed by atoms with Gasteiger partial charge in [-0.3, -0.25) is 4.90 Å². The lowest BCUT2D eigenvalue weighted by atomic mass is 9.88. The maximum atomic E-state index is 5.90. The molecule has 0 fully saturated rings. The quantitative estimate of drug-likeness (QED) is 0.773. The van der Waals surface area contributed by atoms with E-state index in [-0.39, 0.29) is 0 Å². The summed E-state index contributed by atoms with van der Waals surface area (Å²) in [5.74, 6) is 0.722. The van der Waals surface area contributed by atoms with E-state index < -0.39 is 0 Å². The number of hydrogen-bond donors (Lipinski definition) is 1. The zero-order valence-corrected chi connectivity index (χ0v) is 10.5. The molecule has 2 N–H and O–H groups in total. The molecule has 16 heavy (non-hydrogen) atoms. The Morgan fingerprint density at radius 3 is 2.88 bits per heavy atom. The van der Waals surface area contributed by atoms with Crippen LogP contribution in [0.1, 0.15) is 37.4 Å². The van der Waals surface area contributed by atoms with Crippen molar-refractivity contribution in [2.75, 3.05) is 19.3 Å². The molecule has 1 aliphatic rings. The molecule has 88 valence electrons. The van der Waals surface area contributed by atoms with Gasteiger partial charge >= 0.3 is 0 Å². The van der Waals surface area contributed by atoms with Gasteiger partial charge in [-0.1, -0.05) is 19.9 Å². The van der Waals surface area contributed by atoms with Gasteiger partial charge in [0.15, 0.2) is 0 Å². The van der Waals surface area contributed by atoms with Crippen LogP contribution in [0.3, 0.4) is 0 Å². The van der Waals surface area contributed by atoms with Crippen LogP contribution in [0.15, 0.2) is 18.2 Å². The highest BCUT2D eigenvalue weighted by Crippen LogP contribution is 2.34. The van der Waals surface area contributed by atoms with E-state index in [0.29, 0.717) is 6.04 Å². The zero-order chi connectivity index (χ0) is 11.7. The highest BCUT2D eigenvalue weighted by molar-refractivity contribution is 5.47. The molecule has 1 heterocycles. The van der Waals surface area contributed by atoms with Crippen LogP contribution in [-0.4, -0.2) is 18.5 Å². The molecule has 0 saturated heterocycles. The zero-order valence-electron chi connectivity index (χ0n) is 10.5. The molecule has 0 radical (unpaired) electrons. The van der Waals surface area contributed by atoms with Crippen molar-refractivity contribution < 1.29 is 0 Å². The number of rotatable bonds is 2. The molecule has 1 aliphatic heterocycles. The first kappa shape index (κ1) is 11.5. The van der Waals surface area contributed by atoms with Crippen molar-refractivity contribution in [2.24, 2.45) is 5.92 Å². The van der Waals surface area contributed by atoms with Crippen molar-refractivity contribution in [3.05, 3.63) is 29.3 Å². The van der Waals surface area contributed by atoms with Crippen LogP contribution in [0.2, 0.25) is 0 Å². The highest BCUT2D eigenvalue weighted by atomic mass is 15.1. The van der Waals surface area contributed by atoms with Crippen LogP contribution in [0.4, 0.5) is 5.69 Å². The molecule has 1 atom stereocenters. The molecule has 0 aliphatic carbocycles. The first-order valence-corrected chi connectivity index (χ1v) is 6.16. The van der Waals surface area contributed by atoms with Crippen molar-refractivity contribution in [2.45, 2.75) is 32.7 Å². The Bertz CT molecular complexity index is 371. The number of likely N-dealkylation sites (N-methyl/N-ethyl adjacent to an activating group) is 1. The standard InChI is InChI=1S/C14H22N2/c1-10(2)8-14-13-9-12(15)5-4-11(13)6-7-16(14)3/h4-5,9-10,14H,6-8,15H2,1-3H3/t14-/m1/s1. The molecule has 0 amide bonds. The summed E-state index contributed by atoms with van der Waals surface area (Å²) in [5, 5.41) is 0. The van der Waals surface area contributed by atoms with Crippen LogP contribution < -0.4 is 5.73 Å². The Kier molecular flexibility index (Phi) is 3.20. The summed E-state index contributed by atoms with van der Waals surface area (Å²) in [6.45, 7) is 5.73. The summed E-state index contributed by atoms with van der Waals surface area (Å²) >= 11 is 0. The summed E-state index contributed by atoms with van der Waals surface area (Å²) in [7, 11) is 2.22. The van der Waals surface area contributed by atoms with E-state index >= 15 is 0 Å². The van der Waals surface area contributed by atoms with Crippen LogP contribution in [0.5, 0.6) is 0 Å². The van der Waals surface area contributed by atoms with Crippen LogP contribution in [0.25, 0.3) is 0 Å².